The van der Waals surface area contributed by atoms with Crippen molar-refractivity contribution >= 4 is 0 Å². The zero-order valence-electron chi connectivity index (χ0n) is 10.8. The number of methoxy groups -OCH3 is 1. The van der Waals surface area contributed by atoms with E-state index in [2.05, 4.69) is 4.98 Å². The average molecular weight is 243 g/mol. The molecule has 1 atom stereocenters. The summed E-state index contributed by atoms with van der Waals surface area (Å²) in [5.74, 6) is 0.798. The highest BCUT2D eigenvalue weighted by atomic mass is 16.5. The van der Waals surface area contributed by atoms with E-state index in [0.717, 1.165) is 28.1 Å². The first-order valence-corrected chi connectivity index (χ1v) is 5.87. The van der Waals surface area contributed by atoms with Gasteiger partial charge in [0.1, 0.15) is 11.9 Å². The number of pyridine rings is 1. The Kier molecular flexibility index (Phi) is 3.63. The molecule has 0 spiro atoms. The quantitative estimate of drug-likeness (QED) is 0.901. The van der Waals surface area contributed by atoms with E-state index in [1.54, 1.807) is 13.3 Å². The molecule has 2 rings (SSSR count). The summed E-state index contributed by atoms with van der Waals surface area (Å²) in [6.45, 7) is 3.87. The number of aliphatic hydroxyl groups excluding tert-OH is 1. The molecule has 0 saturated carbocycles. The minimum Gasteiger partial charge on any atom is -0.497 e. The van der Waals surface area contributed by atoms with E-state index in [1.807, 2.05) is 44.2 Å². The third kappa shape index (κ3) is 2.36. The van der Waals surface area contributed by atoms with Crippen LogP contribution in [-0.2, 0) is 0 Å². The lowest BCUT2D eigenvalue weighted by molar-refractivity contribution is 0.218. The van der Waals surface area contributed by atoms with Gasteiger partial charge in [-0.05, 0) is 43.2 Å². The molecular formula is C15H17NO2. The van der Waals surface area contributed by atoms with E-state index in [0.29, 0.717) is 0 Å². The lowest BCUT2D eigenvalue weighted by Gasteiger charge is -2.16. The van der Waals surface area contributed by atoms with Crippen molar-refractivity contribution in [1.29, 1.82) is 0 Å². The van der Waals surface area contributed by atoms with Crippen molar-refractivity contribution in [3.8, 4) is 5.75 Å². The summed E-state index contributed by atoms with van der Waals surface area (Å²) in [5, 5.41) is 10.4. The molecule has 1 N–H and O–H groups in total. The summed E-state index contributed by atoms with van der Waals surface area (Å²) in [6, 6.07) is 9.41. The van der Waals surface area contributed by atoms with E-state index in [9.17, 15) is 5.11 Å². The fourth-order valence-corrected chi connectivity index (χ4v) is 2.04. The van der Waals surface area contributed by atoms with E-state index in [4.69, 9.17) is 4.74 Å². The van der Waals surface area contributed by atoms with Gasteiger partial charge in [-0.15, -0.1) is 0 Å². The number of rotatable bonds is 3. The number of hydrogen-bond donors (Lipinski definition) is 1. The maximum atomic E-state index is 10.4. The van der Waals surface area contributed by atoms with Gasteiger partial charge in [-0.25, -0.2) is 0 Å². The van der Waals surface area contributed by atoms with Crippen LogP contribution in [0.1, 0.15) is 28.5 Å². The molecule has 2 aromatic rings. The predicted molar refractivity (Wildman–Crippen MR) is 70.8 cm³/mol. The number of benzene rings is 1. The van der Waals surface area contributed by atoms with Gasteiger partial charge in [-0.3, -0.25) is 4.98 Å². The van der Waals surface area contributed by atoms with E-state index in [1.165, 1.54) is 0 Å². The molecule has 0 amide bonds. The SMILES string of the molecule is COc1ccc(C(O)c2cccnc2C)c(C)c1. The summed E-state index contributed by atoms with van der Waals surface area (Å²) in [7, 11) is 1.64. The molecule has 18 heavy (non-hydrogen) atoms. The van der Waals surface area contributed by atoms with Gasteiger partial charge in [0.15, 0.2) is 0 Å². The molecule has 1 aromatic heterocycles. The van der Waals surface area contributed by atoms with Crippen molar-refractivity contribution in [2.75, 3.05) is 7.11 Å². The number of aromatic nitrogens is 1. The number of aryl methyl sites for hydroxylation is 2. The molecule has 0 fully saturated rings. The second-order valence-electron chi connectivity index (χ2n) is 4.30. The predicted octanol–water partition coefficient (Wildman–Crippen LogP) is 2.79. The van der Waals surface area contributed by atoms with Crippen LogP contribution in [0.15, 0.2) is 36.5 Å². The largest absolute Gasteiger partial charge is 0.497 e. The van der Waals surface area contributed by atoms with Gasteiger partial charge in [0.2, 0.25) is 0 Å². The maximum Gasteiger partial charge on any atom is 0.119 e. The molecule has 3 nitrogen and oxygen atoms in total. The average Bonchev–Trinajstić information content (AvgIpc) is 2.38. The Morgan fingerprint density at radius 2 is 1.94 bits per heavy atom. The highest BCUT2D eigenvalue weighted by molar-refractivity contribution is 5.40. The number of ether oxygens (including phenoxy) is 1. The fourth-order valence-electron chi connectivity index (χ4n) is 2.04. The summed E-state index contributed by atoms with van der Waals surface area (Å²) in [4.78, 5) is 4.20. The van der Waals surface area contributed by atoms with Gasteiger partial charge in [0, 0.05) is 17.5 Å². The summed E-state index contributed by atoms with van der Waals surface area (Å²) >= 11 is 0. The summed E-state index contributed by atoms with van der Waals surface area (Å²) in [6.07, 6.45) is 1.08. The van der Waals surface area contributed by atoms with Crippen LogP contribution < -0.4 is 4.74 Å². The highest BCUT2D eigenvalue weighted by Crippen LogP contribution is 2.28. The molecule has 1 unspecified atom stereocenters. The highest BCUT2D eigenvalue weighted by Gasteiger charge is 2.15. The summed E-state index contributed by atoms with van der Waals surface area (Å²) in [5.41, 5.74) is 3.57. The molecule has 1 aromatic carbocycles. The van der Waals surface area contributed by atoms with Crippen LogP contribution in [0.2, 0.25) is 0 Å². The third-order valence-electron chi connectivity index (χ3n) is 3.11. The first-order chi connectivity index (χ1) is 8.63. The van der Waals surface area contributed by atoms with Gasteiger partial charge in [-0.1, -0.05) is 12.1 Å². The normalized spacial score (nSPS) is 12.2. The second-order valence-corrected chi connectivity index (χ2v) is 4.30. The molecule has 0 aliphatic rings. The van der Waals surface area contributed by atoms with Crippen molar-refractivity contribution in [3.05, 3.63) is 58.9 Å². The van der Waals surface area contributed by atoms with Gasteiger partial charge in [-0.2, -0.15) is 0 Å². The van der Waals surface area contributed by atoms with Crippen LogP contribution in [0.4, 0.5) is 0 Å². The topological polar surface area (TPSA) is 42.4 Å². The Bertz CT molecular complexity index is 552. The van der Waals surface area contributed by atoms with Gasteiger partial charge in [0.25, 0.3) is 0 Å². The first-order valence-electron chi connectivity index (χ1n) is 5.87. The Labute approximate surface area is 107 Å². The molecular weight excluding hydrogens is 226 g/mol. The van der Waals surface area contributed by atoms with Crippen molar-refractivity contribution in [2.45, 2.75) is 20.0 Å². The fraction of sp³-hybridized carbons (Fsp3) is 0.267. The molecule has 3 heteroatoms. The molecule has 0 bridgehead atoms. The minimum atomic E-state index is -0.649. The number of hydrogen-bond acceptors (Lipinski definition) is 3. The van der Waals surface area contributed by atoms with Gasteiger partial charge in [0.05, 0.1) is 7.11 Å². The van der Waals surface area contributed by atoms with Crippen molar-refractivity contribution in [1.82, 2.24) is 4.98 Å². The van der Waals surface area contributed by atoms with Crippen molar-refractivity contribution < 1.29 is 9.84 Å². The number of aliphatic hydroxyl groups is 1. The Morgan fingerprint density at radius 1 is 1.17 bits per heavy atom. The van der Waals surface area contributed by atoms with Crippen LogP contribution >= 0.6 is 0 Å². The second kappa shape index (κ2) is 5.19. The monoisotopic (exact) mass is 243 g/mol. The molecule has 0 aliphatic carbocycles. The Morgan fingerprint density at radius 3 is 2.56 bits per heavy atom. The van der Waals surface area contributed by atoms with Gasteiger partial charge < -0.3 is 9.84 Å². The lowest BCUT2D eigenvalue weighted by Crippen LogP contribution is -2.05. The molecule has 0 saturated heterocycles. The van der Waals surface area contributed by atoms with Gasteiger partial charge >= 0.3 is 0 Å². The van der Waals surface area contributed by atoms with E-state index < -0.39 is 6.10 Å². The Hall–Kier alpha value is -1.87. The zero-order chi connectivity index (χ0) is 13.1. The van der Waals surface area contributed by atoms with Crippen LogP contribution in [0.5, 0.6) is 5.75 Å². The van der Waals surface area contributed by atoms with Crippen LogP contribution in [0, 0.1) is 13.8 Å². The van der Waals surface area contributed by atoms with Crippen molar-refractivity contribution in [2.24, 2.45) is 0 Å². The van der Waals surface area contributed by atoms with E-state index >= 15 is 0 Å². The standard InChI is InChI=1S/C15H17NO2/c1-10-9-12(18-3)6-7-13(10)15(17)14-5-4-8-16-11(14)2/h4-9,15,17H,1-3H3. The molecule has 0 radical (unpaired) electrons. The van der Waals surface area contributed by atoms with Crippen LogP contribution in [-0.4, -0.2) is 17.2 Å². The third-order valence-corrected chi connectivity index (χ3v) is 3.11. The van der Waals surface area contributed by atoms with Crippen LogP contribution in [0.25, 0.3) is 0 Å². The zero-order valence-corrected chi connectivity index (χ0v) is 10.8. The molecule has 0 aliphatic heterocycles. The number of nitrogens with zero attached hydrogens (tertiary/aromatic N) is 1. The smallest absolute Gasteiger partial charge is 0.119 e. The maximum absolute atomic E-state index is 10.4. The lowest BCUT2D eigenvalue weighted by atomic mass is 9.96. The van der Waals surface area contributed by atoms with Crippen molar-refractivity contribution in [3.63, 3.8) is 0 Å². The van der Waals surface area contributed by atoms with Crippen LogP contribution in [0.3, 0.4) is 0 Å². The summed E-state index contributed by atoms with van der Waals surface area (Å²) < 4.78 is 5.17. The molecule has 94 valence electrons. The molecule has 1 heterocycles. The Balaban J connectivity index is 2.40. The minimum absolute atomic E-state index is 0.649. The van der Waals surface area contributed by atoms with E-state index in [-0.39, 0.29) is 0 Å². The first kappa shape index (κ1) is 12.6.